The Morgan fingerprint density at radius 2 is 2.28 bits per heavy atom. The number of nitrogen functional groups attached to an aromatic ring is 1. The van der Waals surface area contributed by atoms with Crippen molar-refractivity contribution in [2.75, 3.05) is 12.8 Å². The molecule has 2 aromatic rings. The zero-order chi connectivity index (χ0) is 13.1. The third-order valence-corrected chi connectivity index (χ3v) is 3.32. The molecule has 0 aliphatic heterocycles. The third kappa shape index (κ3) is 2.70. The van der Waals surface area contributed by atoms with Crippen LogP contribution in [0.15, 0.2) is 27.2 Å². The number of nitrogens with zero attached hydrogens (tertiary/aromatic N) is 2. The van der Waals surface area contributed by atoms with Gasteiger partial charge in [-0.3, -0.25) is 0 Å². The number of methoxy groups -OCH3 is 1. The van der Waals surface area contributed by atoms with Crippen LogP contribution in [0.25, 0.3) is 11.5 Å². The Hall–Kier alpha value is -1.40. The summed E-state index contributed by atoms with van der Waals surface area (Å²) in [6.07, 6.45) is 0.656. The first-order valence-corrected chi connectivity index (χ1v) is 6.31. The highest BCUT2D eigenvalue weighted by molar-refractivity contribution is 9.10. The molecule has 0 radical (unpaired) electrons. The van der Waals surface area contributed by atoms with Gasteiger partial charge in [0.2, 0.25) is 0 Å². The van der Waals surface area contributed by atoms with E-state index >= 15 is 0 Å². The molecule has 1 aromatic carbocycles. The summed E-state index contributed by atoms with van der Waals surface area (Å²) in [6, 6.07) is 5.58. The van der Waals surface area contributed by atoms with E-state index in [9.17, 15) is 0 Å². The van der Waals surface area contributed by atoms with Gasteiger partial charge in [0.15, 0.2) is 5.82 Å². The Kier molecular flexibility index (Phi) is 3.98. The summed E-state index contributed by atoms with van der Waals surface area (Å²) in [7, 11) is 1.65. The van der Waals surface area contributed by atoms with E-state index in [4.69, 9.17) is 15.0 Å². The van der Waals surface area contributed by atoms with E-state index in [2.05, 4.69) is 26.1 Å². The van der Waals surface area contributed by atoms with Crippen LogP contribution in [0.2, 0.25) is 0 Å². The molecule has 1 atom stereocenters. The summed E-state index contributed by atoms with van der Waals surface area (Å²) < 4.78 is 11.2. The molecule has 2 N–H and O–H groups in total. The smallest absolute Gasteiger partial charge is 0.260 e. The molecule has 5 nitrogen and oxygen atoms in total. The van der Waals surface area contributed by atoms with Gasteiger partial charge in [-0.15, -0.1) is 0 Å². The quantitative estimate of drug-likeness (QED) is 0.879. The standard InChI is InChI=1S/C12H14BrN3O2/c1-7(17-2)6-10-15-12(18-16-10)8-4-3-5-9(13)11(8)14/h3-5,7H,6,14H2,1-2H3. The maximum absolute atomic E-state index is 5.95. The van der Waals surface area contributed by atoms with Gasteiger partial charge in [0.25, 0.3) is 5.89 Å². The number of halogens is 1. The highest BCUT2D eigenvalue weighted by Crippen LogP contribution is 2.30. The molecule has 0 aliphatic rings. The molecule has 0 saturated carbocycles. The summed E-state index contributed by atoms with van der Waals surface area (Å²) in [6.45, 7) is 1.95. The van der Waals surface area contributed by atoms with Crippen LogP contribution in [-0.2, 0) is 11.2 Å². The minimum Gasteiger partial charge on any atom is -0.397 e. The van der Waals surface area contributed by atoms with Crippen LogP contribution in [-0.4, -0.2) is 23.4 Å². The molecule has 0 spiro atoms. The van der Waals surface area contributed by atoms with Crippen molar-refractivity contribution < 1.29 is 9.26 Å². The predicted octanol–water partition coefficient (Wildman–Crippen LogP) is 2.66. The van der Waals surface area contributed by atoms with Crippen molar-refractivity contribution >= 4 is 21.6 Å². The van der Waals surface area contributed by atoms with Gasteiger partial charge in [-0.1, -0.05) is 11.2 Å². The normalized spacial score (nSPS) is 12.6. The fraction of sp³-hybridized carbons (Fsp3) is 0.333. The van der Waals surface area contributed by atoms with Crippen molar-refractivity contribution in [2.45, 2.75) is 19.4 Å². The van der Waals surface area contributed by atoms with Gasteiger partial charge in [-0.05, 0) is 35.0 Å². The summed E-state index contributed by atoms with van der Waals surface area (Å²) in [4.78, 5) is 4.31. The fourth-order valence-corrected chi connectivity index (χ4v) is 1.88. The van der Waals surface area contributed by atoms with Gasteiger partial charge < -0.3 is 15.0 Å². The van der Waals surface area contributed by atoms with E-state index < -0.39 is 0 Å². The van der Waals surface area contributed by atoms with E-state index in [1.165, 1.54) is 0 Å². The van der Waals surface area contributed by atoms with E-state index in [0.29, 0.717) is 23.8 Å². The fourth-order valence-electron chi connectivity index (χ4n) is 1.51. The number of benzene rings is 1. The lowest BCUT2D eigenvalue weighted by atomic mass is 10.2. The lowest BCUT2D eigenvalue weighted by Crippen LogP contribution is -2.09. The van der Waals surface area contributed by atoms with Gasteiger partial charge in [-0.25, -0.2) is 0 Å². The second-order valence-corrected chi connectivity index (χ2v) is 4.82. The molecule has 6 heteroatoms. The van der Waals surface area contributed by atoms with E-state index in [1.807, 2.05) is 25.1 Å². The Bertz CT molecular complexity index is 542. The van der Waals surface area contributed by atoms with E-state index in [1.54, 1.807) is 7.11 Å². The maximum Gasteiger partial charge on any atom is 0.260 e. The van der Waals surface area contributed by atoms with Crippen LogP contribution in [0, 0.1) is 0 Å². The van der Waals surface area contributed by atoms with Crippen molar-refractivity contribution in [1.82, 2.24) is 10.1 Å². The van der Waals surface area contributed by atoms with Crippen molar-refractivity contribution in [2.24, 2.45) is 0 Å². The van der Waals surface area contributed by atoms with Crippen LogP contribution in [0.5, 0.6) is 0 Å². The lowest BCUT2D eigenvalue weighted by Gasteiger charge is -2.04. The van der Waals surface area contributed by atoms with Crippen LogP contribution in [0.4, 0.5) is 5.69 Å². The molecule has 96 valence electrons. The largest absolute Gasteiger partial charge is 0.397 e. The predicted molar refractivity (Wildman–Crippen MR) is 72.0 cm³/mol. The summed E-state index contributed by atoms with van der Waals surface area (Å²) in [5, 5.41) is 3.91. The minimum absolute atomic E-state index is 0.0512. The second kappa shape index (κ2) is 5.49. The molecule has 2 rings (SSSR count). The molecule has 0 bridgehead atoms. The molecule has 0 amide bonds. The van der Waals surface area contributed by atoms with Gasteiger partial charge in [0.1, 0.15) is 0 Å². The Morgan fingerprint density at radius 1 is 1.50 bits per heavy atom. The SMILES string of the molecule is COC(C)Cc1noc(-c2cccc(Br)c2N)n1. The molecular weight excluding hydrogens is 298 g/mol. The van der Waals surface area contributed by atoms with Crippen LogP contribution in [0.3, 0.4) is 0 Å². The van der Waals surface area contributed by atoms with Crippen LogP contribution in [0.1, 0.15) is 12.7 Å². The number of hydrogen-bond donors (Lipinski definition) is 1. The number of para-hydroxylation sites is 1. The van der Waals surface area contributed by atoms with E-state index in [0.717, 1.165) is 10.0 Å². The lowest BCUT2D eigenvalue weighted by molar-refractivity contribution is 0.116. The van der Waals surface area contributed by atoms with E-state index in [-0.39, 0.29) is 6.10 Å². The molecule has 1 unspecified atom stereocenters. The van der Waals surface area contributed by atoms with Crippen molar-refractivity contribution in [3.8, 4) is 11.5 Å². The molecule has 0 aliphatic carbocycles. The molecule has 1 aromatic heterocycles. The van der Waals surface area contributed by atoms with Crippen LogP contribution >= 0.6 is 15.9 Å². The summed E-state index contributed by atoms with van der Waals surface area (Å²) in [5.74, 6) is 1.03. The summed E-state index contributed by atoms with van der Waals surface area (Å²) in [5.41, 5.74) is 7.27. The maximum atomic E-state index is 5.95. The van der Waals surface area contributed by atoms with Gasteiger partial charge in [0, 0.05) is 18.0 Å². The average Bonchev–Trinajstić information content (AvgIpc) is 2.80. The summed E-state index contributed by atoms with van der Waals surface area (Å²) >= 11 is 3.37. The zero-order valence-corrected chi connectivity index (χ0v) is 11.8. The Morgan fingerprint density at radius 3 is 3.00 bits per heavy atom. The number of aromatic nitrogens is 2. The molecular formula is C12H14BrN3O2. The Balaban J connectivity index is 2.27. The first kappa shape index (κ1) is 13.0. The molecule has 0 saturated heterocycles. The monoisotopic (exact) mass is 311 g/mol. The average molecular weight is 312 g/mol. The minimum atomic E-state index is 0.0512. The number of anilines is 1. The van der Waals surface area contributed by atoms with Gasteiger partial charge >= 0.3 is 0 Å². The number of nitrogens with two attached hydrogens (primary N) is 1. The van der Waals surface area contributed by atoms with Gasteiger partial charge in [0.05, 0.1) is 17.4 Å². The molecule has 1 heterocycles. The topological polar surface area (TPSA) is 74.2 Å². The van der Waals surface area contributed by atoms with Crippen LogP contribution < -0.4 is 5.73 Å². The highest BCUT2D eigenvalue weighted by atomic mass is 79.9. The van der Waals surface area contributed by atoms with Crippen molar-refractivity contribution in [3.05, 3.63) is 28.5 Å². The molecule has 18 heavy (non-hydrogen) atoms. The zero-order valence-electron chi connectivity index (χ0n) is 10.2. The first-order valence-electron chi connectivity index (χ1n) is 5.51. The highest BCUT2D eigenvalue weighted by Gasteiger charge is 2.14. The Labute approximate surface area is 113 Å². The van der Waals surface area contributed by atoms with Crippen molar-refractivity contribution in [3.63, 3.8) is 0 Å². The van der Waals surface area contributed by atoms with Crippen molar-refractivity contribution in [1.29, 1.82) is 0 Å². The third-order valence-electron chi connectivity index (χ3n) is 2.62. The molecule has 0 fully saturated rings. The number of rotatable bonds is 4. The first-order chi connectivity index (χ1) is 8.61. The van der Waals surface area contributed by atoms with Gasteiger partial charge in [-0.2, -0.15) is 4.98 Å². The second-order valence-electron chi connectivity index (χ2n) is 3.97. The number of ether oxygens (including phenoxy) is 1. The number of hydrogen-bond acceptors (Lipinski definition) is 5.